The van der Waals surface area contributed by atoms with Crippen molar-refractivity contribution in [1.82, 2.24) is 20.3 Å². The number of aliphatic hydroxyl groups is 1. The van der Waals surface area contributed by atoms with E-state index < -0.39 is 6.10 Å². The highest BCUT2D eigenvalue weighted by Gasteiger charge is 2.14. The third-order valence-electron chi connectivity index (χ3n) is 4.18. The molecule has 0 fully saturated rings. The number of allylic oxidation sites excluding steroid dienone is 1. The molecule has 6 nitrogen and oxygen atoms in total. The minimum Gasteiger partial charge on any atom is -0.386 e. The van der Waals surface area contributed by atoms with Crippen LogP contribution >= 0.6 is 11.3 Å². The molecule has 0 aliphatic heterocycles. The van der Waals surface area contributed by atoms with Gasteiger partial charge in [-0.1, -0.05) is 16.9 Å². The van der Waals surface area contributed by atoms with Gasteiger partial charge in [-0.15, -0.1) is 5.10 Å². The first-order valence-electron chi connectivity index (χ1n) is 8.29. The summed E-state index contributed by atoms with van der Waals surface area (Å²) in [5, 5.41) is 24.6. The maximum atomic E-state index is 12.1. The normalized spacial score (nSPS) is 15.8. The van der Waals surface area contributed by atoms with Crippen molar-refractivity contribution in [2.75, 3.05) is 6.54 Å². The monoisotopic (exact) mass is 346 g/mol. The molecule has 0 saturated carbocycles. The lowest BCUT2D eigenvalue weighted by molar-refractivity contribution is 0.0948. The Balaban J connectivity index is 1.47. The summed E-state index contributed by atoms with van der Waals surface area (Å²) in [7, 11) is 0. The summed E-state index contributed by atoms with van der Waals surface area (Å²) in [5.41, 5.74) is 2.57. The Bertz CT molecular complexity index is 693. The summed E-state index contributed by atoms with van der Waals surface area (Å²) < 4.78 is 1.50. The summed E-state index contributed by atoms with van der Waals surface area (Å²) in [6.45, 7) is 0.902. The average molecular weight is 346 g/mol. The molecule has 0 bridgehead atoms. The van der Waals surface area contributed by atoms with Crippen molar-refractivity contribution in [2.24, 2.45) is 0 Å². The van der Waals surface area contributed by atoms with Gasteiger partial charge in [0.1, 0.15) is 0 Å². The Hall–Kier alpha value is -1.99. The van der Waals surface area contributed by atoms with Crippen LogP contribution in [0.2, 0.25) is 0 Å². The molecule has 128 valence electrons. The molecule has 24 heavy (non-hydrogen) atoms. The predicted molar refractivity (Wildman–Crippen MR) is 92.8 cm³/mol. The van der Waals surface area contributed by atoms with Crippen molar-refractivity contribution in [1.29, 1.82) is 0 Å². The number of nitrogens with one attached hydrogen (secondary N) is 1. The van der Waals surface area contributed by atoms with Gasteiger partial charge in [0.25, 0.3) is 5.91 Å². The number of nitrogens with zero attached hydrogens (tertiary/aromatic N) is 3. The summed E-state index contributed by atoms with van der Waals surface area (Å²) in [6.07, 6.45) is 8.94. The first-order chi connectivity index (χ1) is 11.7. The molecular weight excluding hydrogens is 324 g/mol. The lowest BCUT2D eigenvalue weighted by Gasteiger charge is -2.12. The van der Waals surface area contributed by atoms with E-state index in [1.54, 1.807) is 6.20 Å². The second-order valence-electron chi connectivity index (χ2n) is 6.01. The zero-order valence-corrected chi connectivity index (χ0v) is 14.3. The fourth-order valence-electron chi connectivity index (χ4n) is 2.80. The predicted octanol–water partition coefficient (Wildman–Crippen LogP) is 2.69. The first kappa shape index (κ1) is 16.9. The molecule has 1 amide bonds. The number of aliphatic hydroxyl groups excluding tert-OH is 1. The number of carbonyl (C=O) groups is 1. The summed E-state index contributed by atoms with van der Waals surface area (Å²) >= 11 is 1.54. The maximum Gasteiger partial charge on any atom is 0.273 e. The fourth-order valence-corrected chi connectivity index (χ4v) is 3.50. The lowest BCUT2D eigenvalue weighted by atomic mass is 9.97. The number of hydrogen-bond donors (Lipinski definition) is 2. The van der Waals surface area contributed by atoms with E-state index in [2.05, 4.69) is 21.7 Å². The van der Waals surface area contributed by atoms with Crippen LogP contribution in [0.5, 0.6) is 0 Å². The van der Waals surface area contributed by atoms with Gasteiger partial charge in [-0.25, -0.2) is 4.68 Å². The highest BCUT2D eigenvalue weighted by atomic mass is 32.1. The molecule has 0 radical (unpaired) electrons. The molecule has 2 N–H and O–H groups in total. The minimum absolute atomic E-state index is 0.220. The van der Waals surface area contributed by atoms with Crippen LogP contribution in [0.25, 0.3) is 0 Å². The van der Waals surface area contributed by atoms with Crippen molar-refractivity contribution in [3.05, 3.63) is 45.9 Å². The summed E-state index contributed by atoms with van der Waals surface area (Å²) in [6, 6.07) is 1.87. The molecule has 7 heteroatoms. The van der Waals surface area contributed by atoms with E-state index in [1.807, 2.05) is 16.8 Å². The number of hydrogen-bond acceptors (Lipinski definition) is 5. The van der Waals surface area contributed by atoms with Gasteiger partial charge in [-0.2, -0.15) is 11.3 Å². The second-order valence-corrected chi connectivity index (χ2v) is 6.79. The standard InChI is InChI=1S/C17H22N4O2S/c22-16(14-7-9-24-12-14)11-21-10-15(19-20-21)17(23)18-8-6-13-4-2-1-3-5-13/h4,7,9-10,12,16,22H,1-3,5-6,8,11H2,(H,18,23)/t16-/m0/s1. The van der Waals surface area contributed by atoms with Crippen LogP contribution < -0.4 is 5.32 Å². The van der Waals surface area contributed by atoms with Gasteiger partial charge in [0.05, 0.1) is 18.8 Å². The minimum atomic E-state index is -0.646. The SMILES string of the molecule is O=C(NCCC1=CCCCC1)c1cn(C[C@H](O)c2ccsc2)nn1. The highest BCUT2D eigenvalue weighted by molar-refractivity contribution is 7.07. The fraction of sp³-hybridized carbons (Fsp3) is 0.471. The van der Waals surface area contributed by atoms with E-state index in [4.69, 9.17) is 0 Å². The largest absolute Gasteiger partial charge is 0.386 e. The number of aromatic nitrogens is 3. The molecule has 0 spiro atoms. The van der Waals surface area contributed by atoms with Crippen LogP contribution in [0.15, 0.2) is 34.7 Å². The zero-order valence-electron chi connectivity index (χ0n) is 13.5. The van der Waals surface area contributed by atoms with Gasteiger partial charge in [0.15, 0.2) is 5.69 Å². The Labute approximate surface area is 145 Å². The molecule has 3 rings (SSSR count). The second kappa shape index (κ2) is 8.21. The quantitative estimate of drug-likeness (QED) is 0.756. The van der Waals surface area contributed by atoms with Crippen LogP contribution in [0, 0.1) is 0 Å². The van der Waals surface area contributed by atoms with Crippen molar-refractivity contribution in [2.45, 2.75) is 44.8 Å². The van der Waals surface area contributed by atoms with Crippen LogP contribution in [0.1, 0.15) is 54.3 Å². The van der Waals surface area contributed by atoms with Gasteiger partial charge in [0, 0.05) is 6.54 Å². The van der Waals surface area contributed by atoms with Gasteiger partial charge in [-0.05, 0) is 54.5 Å². The van der Waals surface area contributed by atoms with Crippen LogP contribution in [0.4, 0.5) is 0 Å². The van der Waals surface area contributed by atoms with E-state index in [0.717, 1.165) is 24.8 Å². The molecule has 2 aromatic heterocycles. The maximum absolute atomic E-state index is 12.1. The third-order valence-corrected chi connectivity index (χ3v) is 4.88. The number of amides is 1. The van der Waals surface area contributed by atoms with Gasteiger partial charge >= 0.3 is 0 Å². The van der Waals surface area contributed by atoms with Gasteiger partial charge in [0.2, 0.25) is 0 Å². The molecule has 2 heterocycles. The number of rotatable bonds is 7. The van der Waals surface area contributed by atoms with Crippen LogP contribution in [-0.4, -0.2) is 32.6 Å². The van der Waals surface area contributed by atoms with Gasteiger partial charge < -0.3 is 10.4 Å². The molecule has 0 saturated heterocycles. The van der Waals surface area contributed by atoms with Gasteiger partial charge in [-0.3, -0.25) is 4.79 Å². The van der Waals surface area contributed by atoms with E-state index in [0.29, 0.717) is 6.54 Å². The topological polar surface area (TPSA) is 80.0 Å². The summed E-state index contributed by atoms with van der Waals surface area (Å²) in [5.74, 6) is -0.220. The third kappa shape index (κ3) is 4.52. The van der Waals surface area contributed by atoms with E-state index in [-0.39, 0.29) is 18.1 Å². The molecule has 1 atom stereocenters. The molecular formula is C17H22N4O2S. The molecule has 0 aromatic carbocycles. The van der Waals surface area contributed by atoms with Crippen molar-refractivity contribution in [3.8, 4) is 0 Å². The number of carbonyl (C=O) groups excluding carboxylic acids is 1. The zero-order chi connectivity index (χ0) is 16.8. The average Bonchev–Trinajstić information content (AvgIpc) is 3.27. The Morgan fingerprint density at radius 2 is 2.38 bits per heavy atom. The number of thiophene rings is 1. The lowest BCUT2D eigenvalue weighted by Crippen LogP contribution is -2.25. The van der Waals surface area contributed by atoms with E-state index >= 15 is 0 Å². The van der Waals surface area contributed by atoms with E-state index in [9.17, 15) is 9.90 Å². The summed E-state index contributed by atoms with van der Waals surface area (Å²) in [4.78, 5) is 12.1. The van der Waals surface area contributed by atoms with Crippen LogP contribution in [-0.2, 0) is 6.54 Å². The molecule has 1 aliphatic carbocycles. The molecule has 0 unspecified atom stereocenters. The van der Waals surface area contributed by atoms with Crippen molar-refractivity contribution < 1.29 is 9.90 Å². The van der Waals surface area contributed by atoms with E-state index in [1.165, 1.54) is 34.4 Å². The molecule has 1 aliphatic rings. The van der Waals surface area contributed by atoms with Crippen molar-refractivity contribution in [3.63, 3.8) is 0 Å². The Morgan fingerprint density at radius 1 is 1.46 bits per heavy atom. The highest BCUT2D eigenvalue weighted by Crippen LogP contribution is 2.19. The van der Waals surface area contributed by atoms with Crippen LogP contribution in [0.3, 0.4) is 0 Å². The smallest absolute Gasteiger partial charge is 0.273 e. The Morgan fingerprint density at radius 3 is 3.12 bits per heavy atom. The Kier molecular flexibility index (Phi) is 5.77. The first-order valence-corrected chi connectivity index (χ1v) is 9.23. The molecule has 2 aromatic rings. The van der Waals surface area contributed by atoms with Crippen molar-refractivity contribution >= 4 is 17.2 Å².